The topological polar surface area (TPSA) is 15.3 Å². The Balaban J connectivity index is 3.35. The number of hydrogen-bond acceptors (Lipinski definition) is 1. The molecule has 0 aromatic carbocycles. The van der Waals surface area contributed by atoms with Gasteiger partial charge in [-0.15, -0.1) is 0 Å². The van der Waals surface area contributed by atoms with E-state index in [0.717, 1.165) is 0 Å². The van der Waals surface area contributed by atoms with E-state index in [4.69, 9.17) is 11.8 Å². The van der Waals surface area contributed by atoms with Crippen LogP contribution in [0.5, 0.6) is 0 Å². The molecule has 0 saturated carbocycles. The summed E-state index contributed by atoms with van der Waals surface area (Å²) in [6.07, 6.45) is 0. The van der Waals surface area contributed by atoms with Crippen LogP contribution in [0.4, 0.5) is 0 Å². The maximum atomic E-state index is 5.36. The molecular weight excluding hydrogens is 132 g/mol. The Hall–Kier alpha value is -0.0200. The van der Waals surface area contributed by atoms with Crippen molar-refractivity contribution in [1.29, 1.82) is 0 Å². The molecule has 0 heterocycles. The second-order valence-electron chi connectivity index (χ2n) is 1.03. The fourth-order valence-electron chi connectivity index (χ4n) is 0.154. The summed E-state index contributed by atoms with van der Waals surface area (Å²) in [5.74, 6) is 0. The van der Waals surface area contributed by atoms with E-state index in [2.05, 4.69) is 17.5 Å². The van der Waals surface area contributed by atoms with E-state index in [1.54, 1.807) is 14.1 Å². The zero-order valence-electron chi connectivity index (χ0n) is 4.23. The Morgan fingerprint density at radius 3 is 2.29 bits per heavy atom. The van der Waals surface area contributed by atoms with Crippen molar-refractivity contribution < 1.29 is 0 Å². The summed E-state index contributed by atoms with van der Waals surface area (Å²) < 4.78 is 1.31. The first-order valence-corrected chi connectivity index (χ1v) is 2.54. The number of nitrogens with one attached hydrogen (secondary N) is 1. The van der Waals surface area contributed by atoms with Crippen molar-refractivity contribution >= 4 is 29.1 Å². The van der Waals surface area contributed by atoms with Crippen molar-refractivity contribution in [3.05, 3.63) is 0 Å². The molecule has 42 valence electrons. The molecule has 0 unspecified atom stereocenters. The van der Waals surface area contributed by atoms with Crippen molar-refractivity contribution in [1.82, 2.24) is 9.74 Å². The van der Waals surface area contributed by atoms with Gasteiger partial charge >= 0.3 is 0 Å². The van der Waals surface area contributed by atoms with Gasteiger partial charge in [0.1, 0.15) is 0 Å². The fourth-order valence-corrected chi connectivity index (χ4v) is 0.239. The van der Waals surface area contributed by atoms with Gasteiger partial charge in [-0.05, 0) is 12.2 Å². The van der Waals surface area contributed by atoms with Gasteiger partial charge in [-0.25, -0.2) is 0 Å². The lowest BCUT2D eigenvalue weighted by molar-refractivity contribution is 0.796. The predicted octanol–water partition coefficient (Wildman–Crippen LogP) is 0.576. The van der Waals surface area contributed by atoms with Crippen molar-refractivity contribution in [3.63, 3.8) is 0 Å². The van der Waals surface area contributed by atoms with E-state index in [1.165, 1.54) is 4.42 Å². The minimum atomic E-state index is 0.529. The van der Waals surface area contributed by atoms with Gasteiger partial charge in [-0.2, -0.15) is 0 Å². The molecule has 0 spiro atoms. The standard InChI is InChI=1S/C3H7ClN2S/c1-5-3(7)6(2)4/h1-2H3,(H,5,7). The molecule has 1 N–H and O–H groups in total. The second-order valence-corrected chi connectivity index (χ2v) is 1.93. The number of thiocarbonyl (C=S) groups is 1. The van der Waals surface area contributed by atoms with E-state index < -0.39 is 0 Å². The molecule has 0 atom stereocenters. The number of hydrogen-bond donors (Lipinski definition) is 1. The summed E-state index contributed by atoms with van der Waals surface area (Å²) in [4.78, 5) is 0. The van der Waals surface area contributed by atoms with Gasteiger partial charge < -0.3 is 5.32 Å². The van der Waals surface area contributed by atoms with Gasteiger partial charge in [0.25, 0.3) is 0 Å². The number of rotatable bonds is 0. The van der Waals surface area contributed by atoms with Crippen molar-refractivity contribution in [2.24, 2.45) is 0 Å². The maximum absolute atomic E-state index is 5.36. The Bertz CT molecular complexity index is 73.3. The highest BCUT2D eigenvalue weighted by Crippen LogP contribution is 1.85. The van der Waals surface area contributed by atoms with Crippen LogP contribution in [0.1, 0.15) is 0 Å². The smallest absolute Gasteiger partial charge is 0.183 e. The minimum absolute atomic E-state index is 0.529. The zero-order valence-corrected chi connectivity index (χ0v) is 5.81. The Morgan fingerprint density at radius 2 is 2.29 bits per heavy atom. The third-order valence-electron chi connectivity index (χ3n) is 0.494. The molecular formula is C3H7ClN2S. The van der Waals surface area contributed by atoms with Gasteiger partial charge in [-0.3, -0.25) is 4.42 Å². The van der Waals surface area contributed by atoms with E-state index in [-0.39, 0.29) is 0 Å². The molecule has 0 aromatic heterocycles. The molecule has 0 saturated heterocycles. The average molecular weight is 139 g/mol. The third-order valence-corrected chi connectivity index (χ3v) is 1.24. The molecule has 0 aromatic rings. The highest BCUT2D eigenvalue weighted by molar-refractivity contribution is 7.80. The van der Waals surface area contributed by atoms with Crippen molar-refractivity contribution in [2.45, 2.75) is 0 Å². The normalized spacial score (nSPS) is 7.86. The van der Waals surface area contributed by atoms with Crippen LogP contribution in [0.15, 0.2) is 0 Å². The summed E-state index contributed by atoms with van der Waals surface area (Å²) in [5, 5.41) is 3.22. The largest absolute Gasteiger partial charge is 0.365 e. The van der Waals surface area contributed by atoms with Gasteiger partial charge in [0.15, 0.2) is 5.11 Å². The predicted molar refractivity (Wildman–Crippen MR) is 35.3 cm³/mol. The lowest BCUT2D eigenvalue weighted by Crippen LogP contribution is -2.27. The SMILES string of the molecule is CNC(=S)N(C)Cl. The van der Waals surface area contributed by atoms with Gasteiger partial charge in [0, 0.05) is 25.9 Å². The number of halogens is 1. The zero-order chi connectivity index (χ0) is 5.86. The summed E-state index contributed by atoms with van der Waals surface area (Å²) in [6.45, 7) is 0. The monoisotopic (exact) mass is 138 g/mol. The Labute approximate surface area is 53.6 Å². The highest BCUT2D eigenvalue weighted by atomic mass is 35.5. The van der Waals surface area contributed by atoms with Crippen LogP contribution >= 0.6 is 24.0 Å². The molecule has 0 fully saturated rings. The molecule has 0 rings (SSSR count). The van der Waals surface area contributed by atoms with E-state index >= 15 is 0 Å². The number of nitrogens with zero attached hydrogens (tertiary/aromatic N) is 1. The van der Waals surface area contributed by atoms with Crippen LogP contribution in [0.2, 0.25) is 0 Å². The summed E-state index contributed by atoms with van der Waals surface area (Å²) in [5.41, 5.74) is 0. The van der Waals surface area contributed by atoms with E-state index in [0.29, 0.717) is 5.11 Å². The van der Waals surface area contributed by atoms with Gasteiger partial charge in [0.05, 0.1) is 0 Å². The Kier molecular flexibility index (Phi) is 3.04. The first-order valence-electron chi connectivity index (χ1n) is 1.79. The molecule has 4 heteroatoms. The van der Waals surface area contributed by atoms with Crippen LogP contribution in [0, 0.1) is 0 Å². The van der Waals surface area contributed by atoms with Crippen molar-refractivity contribution in [3.8, 4) is 0 Å². The maximum Gasteiger partial charge on any atom is 0.183 e. The highest BCUT2D eigenvalue weighted by Gasteiger charge is 1.91. The van der Waals surface area contributed by atoms with Crippen LogP contribution in [0.25, 0.3) is 0 Å². The first kappa shape index (κ1) is 6.98. The molecule has 2 nitrogen and oxygen atoms in total. The minimum Gasteiger partial charge on any atom is -0.365 e. The lowest BCUT2D eigenvalue weighted by atomic mass is 11.0. The molecule has 0 radical (unpaired) electrons. The average Bonchev–Trinajstić information content (AvgIpc) is 1.65. The van der Waals surface area contributed by atoms with E-state index in [1.807, 2.05) is 0 Å². The third kappa shape index (κ3) is 2.65. The van der Waals surface area contributed by atoms with Crippen LogP contribution in [-0.4, -0.2) is 23.6 Å². The van der Waals surface area contributed by atoms with Gasteiger partial charge in [-0.1, -0.05) is 0 Å². The summed E-state index contributed by atoms with van der Waals surface area (Å²) in [6, 6.07) is 0. The second kappa shape index (κ2) is 3.04. The summed E-state index contributed by atoms with van der Waals surface area (Å²) in [7, 11) is 3.39. The van der Waals surface area contributed by atoms with Crippen LogP contribution < -0.4 is 5.32 Å². The molecule has 0 aliphatic heterocycles. The quantitative estimate of drug-likeness (QED) is 0.390. The van der Waals surface area contributed by atoms with Gasteiger partial charge in [0.2, 0.25) is 0 Å². The first-order chi connectivity index (χ1) is 3.18. The fraction of sp³-hybridized carbons (Fsp3) is 0.667. The molecule has 0 bridgehead atoms. The van der Waals surface area contributed by atoms with Crippen LogP contribution in [0.3, 0.4) is 0 Å². The molecule has 0 amide bonds. The van der Waals surface area contributed by atoms with Crippen LogP contribution in [-0.2, 0) is 0 Å². The van der Waals surface area contributed by atoms with Crippen molar-refractivity contribution in [2.75, 3.05) is 14.1 Å². The molecule has 7 heavy (non-hydrogen) atoms. The molecule has 0 aliphatic carbocycles. The lowest BCUT2D eigenvalue weighted by Gasteiger charge is -2.07. The summed E-state index contributed by atoms with van der Waals surface area (Å²) >= 11 is 10.0. The molecule has 0 aliphatic rings. The van der Waals surface area contributed by atoms with E-state index in [9.17, 15) is 0 Å². The Morgan fingerprint density at radius 1 is 1.86 bits per heavy atom.